The maximum Gasteiger partial charge on any atom is 0.324 e. The molecule has 1 aromatic heterocycles. The third-order valence-corrected chi connectivity index (χ3v) is 3.55. The molecular weight excluding hydrogens is 252 g/mol. The fourth-order valence-electron chi connectivity index (χ4n) is 2.65. The number of nitrogens with zero attached hydrogens (tertiary/aromatic N) is 3. The summed E-state index contributed by atoms with van der Waals surface area (Å²) in [6.45, 7) is 8.18. The van der Waals surface area contributed by atoms with Crippen LogP contribution in [-0.2, 0) is 0 Å². The Labute approximate surface area is 119 Å². The van der Waals surface area contributed by atoms with Crippen molar-refractivity contribution in [3.8, 4) is 11.4 Å². The predicted molar refractivity (Wildman–Crippen MR) is 78.7 cm³/mol. The third-order valence-electron chi connectivity index (χ3n) is 3.55. The maximum atomic E-state index is 5.42. The Kier molecular flexibility index (Phi) is 3.44. The number of aryl methyl sites for hydroxylation is 1. The lowest BCUT2D eigenvalue weighted by Gasteiger charge is -2.34. The Hall–Kier alpha value is -1.88. The summed E-state index contributed by atoms with van der Waals surface area (Å²) < 4.78 is 5.42. The fourth-order valence-corrected chi connectivity index (χ4v) is 2.65. The first kappa shape index (κ1) is 13.1. The van der Waals surface area contributed by atoms with E-state index in [9.17, 15) is 0 Å². The van der Waals surface area contributed by atoms with Crippen molar-refractivity contribution in [1.82, 2.24) is 15.5 Å². The van der Waals surface area contributed by atoms with Crippen LogP contribution in [0.2, 0.25) is 0 Å². The molecule has 1 N–H and O–H groups in total. The van der Waals surface area contributed by atoms with E-state index >= 15 is 0 Å². The zero-order valence-corrected chi connectivity index (χ0v) is 12.1. The molecule has 1 aliphatic rings. The van der Waals surface area contributed by atoms with Crippen molar-refractivity contribution in [2.45, 2.75) is 32.9 Å². The van der Waals surface area contributed by atoms with Crippen molar-refractivity contribution in [3.63, 3.8) is 0 Å². The van der Waals surface area contributed by atoms with Gasteiger partial charge in [-0.2, -0.15) is 4.98 Å². The first-order chi connectivity index (χ1) is 9.61. The average Bonchev–Trinajstić information content (AvgIpc) is 2.88. The Morgan fingerprint density at radius 1 is 1.15 bits per heavy atom. The summed E-state index contributed by atoms with van der Waals surface area (Å²) in [6, 6.07) is 9.61. The van der Waals surface area contributed by atoms with E-state index in [-0.39, 0.29) is 0 Å². The molecule has 0 spiro atoms. The standard InChI is InChI=1S/C15H20N4O/c1-10-4-6-13(7-5-10)14-17-15(20-18-14)19-8-11(2)16-12(3)9-19/h4-7,11-12,16H,8-9H2,1-3H3/t11-,12+. The van der Waals surface area contributed by atoms with E-state index < -0.39 is 0 Å². The maximum absolute atomic E-state index is 5.42. The van der Waals surface area contributed by atoms with Crippen LogP contribution in [0, 0.1) is 6.92 Å². The van der Waals surface area contributed by atoms with Gasteiger partial charge in [0.25, 0.3) is 0 Å². The highest BCUT2D eigenvalue weighted by Gasteiger charge is 2.25. The third kappa shape index (κ3) is 2.67. The molecule has 2 aromatic rings. The van der Waals surface area contributed by atoms with Crippen molar-refractivity contribution in [3.05, 3.63) is 29.8 Å². The number of piperazine rings is 1. The molecule has 5 heteroatoms. The molecule has 2 atom stereocenters. The highest BCUT2D eigenvalue weighted by molar-refractivity contribution is 5.56. The molecule has 1 fully saturated rings. The van der Waals surface area contributed by atoms with Gasteiger partial charge in [0.15, 0.2) is 0 Å². The topological polar surface area (TPSA) is 54.2 Å². The molecule has 0 radical (unpaired) electrons. The molecule has 2 heterocycles. The number of hydrogen-bond acceptors (Lipinski definition) is 5. The van der Waals surface area contributed by atoms with Gasteiger partial charge in [-0.15, -0.1) is 0 Å². The van der Waals surface area contributed by atoms with Gasteiger partial charge in [-0.1, -0.05) is 35.0 Å². The highest BCUT2D eigenvalue weighted by atomic mass is 16.5. The number of hydrogen-bond donors (Lipinski definition) is 1. The lowest BCUT2D eigenvalue weighted by Crippen LogP contribution is -2.54. The minimum absolute atomic E-state index is 0.425. The molecule has 5 nitrogen and oxygen atoms in total. The van der Waals surface area contributed by atoms with Gasteiger partial charge in [-0.3, -0.25) is 0 Å². The normalized spacial score (nSPS) is 23.1. The molecule has 1 aliphatic heterocycles. The molecule has 0 saturated carbocycles. The van der Waals surface area contributed by atoms with Crippen LogP contribution in [0.3, 0.4) is 0 Å². The smallest absolute Gasteiger partial charge is 0.321 e. The Balaban J connectivity index is 1.81. The monoisotopic (exact) mass is 272 g/mol. The summed E-state index contributed by atoms with van der Waals surface area (Å²) >= 11 is 0. The summed E-state index contributed by atoms with van der Waals surface area (Å²) in [6.07, 6.45) is 0. The van der Waals surface area contributed by atoms with Gasteiger partial charge in [-0.25, -0.2) is 0 Å². The highest BCUT2D eigenvalue weighted by Crippen LogP contribution is 2.21. The predicted octanol–water partition coefficient (Wildman–Crippen LogP) is 2.23. The van der Waals surface area contributed by atoms with Gasteiger partial charge in [0.2, 0.25) is 5.82 Å². The van der Waals surface area contributed by atoms with Crippen LogP contribution in [-0.4, -0.2) is 35.3 Å². The van der Waals surface area contributed by atoms with Gasteiger partial charge >= 0.3 is 6.01 Å². The van der Waals surface area contributed by atoms with Crippen molar-refractivity contribution < 1.29 is 4.52 Å². The molecule has 1 aromatic carbocycles. The summed E-state index contributed by atoms with van der Waals surface area (Å²) in [5.74, 6) is 0.652. The SMILES string of the molecule is Cc1ccc(-c2noc(N3C[C@@H](C)N[C@@H](C)C3)n2)cc1. The Morgan fingerprint density at radius 2 is 1.80 bits per heavy atom. The summed E-state index contributed by atoms with van der Waals surface area (Å²) in [7, 11) is 0. The Morgan fingerprint density at radius 3 is 2.45 bits per heavy atom. The second kappa shape index (κ2) is 5.25. The van der Waals surface area contributed by atoms with Gasteiger partial charge in [-0.05, 0) is 20.8 Å². The molecule has 20 heavy (non-hydrogen) atoms. The van der Waals surface area contributed by atoms with E-state index in [1.165, 1.54) is 5.56 Å². The lowest BCUT2D eigenvalue weighted by atomic mass is 10.1. The van der Waals surface area contributed by atoms with E-state index in [4.69, 9.17) is 4.52 Å². The van der Waals surface area contributed by atoms with Crippen LogP contribution in [0.5, 0.6) is 0 Å². The molecular formula is C15H20N4O. The molecule has 3 rings (SSSR count). The van der Waals surface area contributed by atoms with Gasteiger partial charge in [0.1, 0.15) is 0 Å². The fraction of sp³-hybridized carbons (Fsp3) is 0.467. The number of benzene rings is 1. The van der Waals surface area contributed by atoms with Crippen LogP contribution < -0.4 is 10.2 Å². The van der Waals surface area contributed by atoms with E-state index in [0.29, 0.717) is 23.9 Å². The van der Waals surface area contributed by atoms with Crippen molar-refractivity contribution >= 4 is 6.01 Å². The van der Waals surface area contributed by atoms with Crippen LogP contribution >= 0.6 is 0 Å². The second-order valence-corrected chi connectivity index (χ2v) is 5.64. The van der Waals surface area contributed by atoms with E-state index in [2.05, 4.69) is 53.3 Å². The summed E-state index contributed by atoms with van der Waals surface area (Å²) in [5.41, 5.74) is 2.21. The number of aromatic nitrogens is 2. The van der Waals surface area contributed by atoms with Crippen LogP contribution in [0.1, 0.15) is 19.4 Å². The van der Waals surface area contributed by atoms with Gasteiger partial charge < -0.3 is 14.7 Å². The minimum Gasteiger partial charge on any atom is -0.321 e. The first-order valence-corrected chi connectivity index (χ1v) is 7.03. The van der Waals surface area contributed by atoms with Crippen LogP contribution in [0.15, 0.2) is 28.8 Å². The summed E-state index contributed by atoms with van der Waals surface area (Å²) in [5, 5.41) is 7.59. The van der Waals surface area contributed by atoms with Gasteiger partial charge in [0, 0.05) is 30.7 Å². The number of anilines is 1. The van der Waals surface area contributed by atoms with E-state index in [1.54, 1.807) is 0 Å². The summed E-state index contributed by atoms with van der Waals surface area (Å²) in [4.78, 5) is 6.67. The van der Waals surface area contributed by atoms with Gasteiger partial charge in [0.05, 0.1) is 0 Å². The number of nitrogens with one attached hydrogen (secondary N) is 1. The molecule has 0 unspecified atom stereocenters. The van der Waals surface area contributed by atoms with E-state index in [0.717, 1.165) is 18.7 Å². The van der Waals surface area contributed by atoms with Crippen molar-refractivity contribution in [2.24, 2.45) is 0 Å². The lowest BCUT2D eigenvalue weighted by molar-refractivity contribution is 0.360. The second-order valence-electron chi connectivity index (χ2n) is 5.64. The van der Waals surface area contributed by atoms with Crippen molar-refractivity contribution in [1.29, 1.82) is 0 Å². The molecule has 0 aliphatic carbocycles. The average molecular weight is 272 g/mol. The zero-order chi connectivity index (χ0) is 14.1. The largest absolute Gasteiger partial charge is 0.324 e. The molecule has 0 amide bonds. The minimum atomic E-state index is 0.425. The van der Waals surface area contributed by atoms with E-state index in [1.807, 2.05) is 12.1 Å². The zero-order valence-electron chi connectivity index (χ0n) is 12.1. The first-order valence-electron chi connectivity index (χ1n) is 7.03. The molecule has 0 bridgehead atoms. The molecule has 106 valence electrons. The van der Waals surface area contributed by atoms with Crippen LogP contribution in [0.4, 0.5) is 6.01 Å². The Bertz CT molecular complexity index is 568. The molecule has 1 saturated heterocycles. The number of rotatable bonds is 2. The quantitative estimate of drug-likeness (QED) is 0.908. The van der Waals surface area contributed by atoms with Crippen molar-refractivity contribution in [2.75, 3.05) is 18.0 Å². The van der Waals surface area contributed by atoms with Crippen LogP contribution in [0.25, 0.3) is 11.4 Å².